The van der Waals surface area contributed by atoms with E-state index in [1.54, 1.807) is 14.2 Å². The minimum Gasteiger partial charge on any atom is -0.383 e. The van der Waals surface area contributed by atoms with Crippen molar-refractivity contribution in [2.24, 2.45) is 17.6 Å². The third-order valence-corrected chi connectivity index (χ3v) is 5.11. The molecule has 120 valence electrons. The van der Waals surface area contributed by atoms with Crippen molar-refractivity contribution < 1.29 is 9.47 Å². The average molecular weight is 286 g/mol. The molecule has 1 fully saturated rings. The largest absolute Gasteiger partial charge is 0.383 e. The van der Waals surface area contributed by atoms with Gasteiger partial charge in [0, 0.05) is 38.9 Å². The van der Waals surface area contributed by atoms with Gasteiger partial charge in [-0.1, -0.05) is 20.3 Å². The van der Waals surface area contributed by atoms with Crippen LogP contribution in [0.15, 0.2) is 0 Å². The Morgan fingerprint density at radius 1 is 1.25 bits per heavy atom. The van der Waals surface area contributed by atoms with Crippen molar-refractivity contribution in [3.8, 4) is 0 Å². The summed E-state index contributed by atoms with van der Waals surface area (Å²) in [5, 5.41) is 0. The number of hydrogen-bond acceptors (Lipinski definition) is 4. The lowest BCUT2D eigenvalue weighted by Gasteiger charge is -2.54. The first kappa shape index (κ1) is 17.9. The molecule has 2 N–H and O–H groups in total. The molecule has 1 saturated carbocycles. The fraction of sp³-hybridized carbons (Fsp3) is 1.00. The molecule has 0 saturated heterocycles. The second kappa shape index (κ2) is 8.32. The van der Waals surface area contributed by atoms with E-state index in [9.17, 15) is 0 Å². The summed E-state index contributed by atoms with van der Waals surface area (Å²) < 4.78 is 10.7. The zero-order chi connectivity index (χ0) is 15.2. The monoisotopic (exact) mass is 286 g/mol. The maximum absolute atomic E-state index is 6.27. The third kappa shape index (κ3) is 3.94. The van der Waals surface area contributed by atoms with Gasteiger partial charge >= 0.3 is 0 Å². The summed E-state index contributed by atoms with van der Waals surface area (Å²) in [5.74, 6) is 1.37. The minimum absolute atomic E-state index is 0.0914. The van der Waals surface area contributed by atoms with Crippen molar-refractivity contribution in [3.63, 3.8) is 0 Å². The maximum atomic E-state index is 6.27. The van der Waals surface area contributed by atoms with Gasteiger partial charge < -0.3 is 15.2 Å². The van der Waals surface area contributed by atoms with E-state index in [0.29, 0.717) is 12.0 Å². The molecule has 0 aromatic heterocycles. The molecule has 1 aliphatic rings. The highest BCUT2D eigenvalue weighted by Crippen LogP contribution is 2.41. The first-order valence-electron chi connectivity index (χ1n) is 7.96. The molecule has 20 heavy (non-hydrogen) atoms. The lowest BCUT2D eigenvalue weighted by atomic mass is 9.68. The second-order valence-corrected chi connectivity index (χ2v) is 6.59. The van der Waals surface area contributed by atoms with Crippen molar-refractivity contribution in [2.75, 3.05) is 40.5 Å². The Morgan fingerprint density at radius 2 is 1.95 bits per heavy atom. The van der Waals surface area contributed by atoms with Crippen molar-refractivity contribution in [1.29, 1.82) is 0 Å². The summed E-state index contributed by atoms with van der Waals surface area (Å²) in [6, 6.07) is 0.367. The molecule has 4 nitrogen and oxygen atoms in total. The third-order valence-electron chi connectivity index (χ3n) is 5.11. The summed E-state index contributed by atoms with van der Waals surface area (Å²) >= 11 is 0. The van der Waals surface area contributed by atoms with Gasteiger partial charge in [0.05, 0.1) is 13.2 Å². The van der Waals surface area contributed by atoms with Crippen LogP contribution >= 0.6 is 0 Å². The van der Waals surface area contributed by atoms with Crippen molar-refractivity contribution in [3.05, 3.63) is 0 Å². The Balaban J connectivity index is 2.97. The van der Waals surface area contributed by atoms with E-state index in [4.69, 9.17) is 15.2 Å². The molecule has 0 amide bonds. The smallest absolute Gasteiger partial charge is 0.0615 e. The number of nitrogens with two attached hydrogens (primary N) is 1. The van der Waals surface area contributed by atoms with Crippen LogP contribution in [0.4, 0.5) is 0 Å². The molecular weight excluding hydrogens is 252 g/mol. The SMILES string of the molecule is COCCN(C(C)COC)C1(CN)CC(C)CCC1C. The molecule has 4 atom stereocenters. The van der Waals surface area contributed by atoms with Gasteiger partial charge in [-0.05, 0) is 31.6 Å². The first-order chi connectivity index (χ1) is 9.51. The highest BCUT2D eigenvalue weighted by Gasteiger charge is 2.45. The summed E-state index contributed by atoms with van der Waals surface area (Å²) in [5.41, 5.74) is 6.37. The number of ether oxygens (including phenoxy) is 2. The Kier molecular flexibility index (Phi) is 7.45. The van der Waals surface area contributed by atoms with Crippen LogP contribution in [-0.4, -0.2) is 57.0 Å². The van der Waals surface area contributed by atoms with Gasteiger partial charge in [0.15, 0.2) is 0 Å². The Bertz CT molecular complexity index is 275. The van der Waals surface area contributed by atoms with E-state index in [1.807, 2.05) is 0 Å². The van der Waals surface area contributed by atoms with Crippen molar-refractivity contribution >= 4 is 0 Å². The summed E-state index contributed by atoms with van der Waals surface area (Å²) in [6.45, 7) is 10.1. The van der Waals surface area contributed by atoms with Gasteiger partial charge in [-0.15, -0.1) is 0 Å². The van der Waals surface area contributed by atoms with E-state index in [1.165, 1.54) is 19.3 Å². The van der Waals surface area contributed by atoms with E-state index in [2.05, 4.69) is 25.7 Å². The van der Waals surface area contributed by atoms with Crippen molar-refractivity contribution in [2.45, 2.75) is 51.6 Å². The van der Waals surface area contributed by atoms with Gasteiger partial charge in [0.2, 0.25) is 0 Å². The van der Waals surface area contributed by atoms with E-state index in [0.717, 1.165) is 32.2 Å². The van der Waals surface area contributed by atoms with Gasteiger partial charge in [-0.2, -0.15) is 0 Å². The summed E-state index contributed by atoms with van der Waals surface area (Å²) in [6.07, 6.45) is 3.77. The van der Waals surface area contributed by atoms with E-state index in [-0.39, 0.29) is 5.54 Å². The van der Waals surface area contributed by atoms with Crippen LogP contribution in [-0.2, 0) is 9.47 Å². The Labute approximate surface area is 125 Å². The van der Waals surface area contributed by atoms with Crippen LogP contribution in [0, 0.1) is 11.8 Å². The van der Waals surface area contributed by atoms with Crippen LogP contribution in [0.3, 0.4) is 0 Å². The molecule has 4 heteroatoms. The standard InChI is InChI=1S/C16H34N2O2/c1-13-6-7-14(2)16(10-13,12-17)18(8-9-19-4)15(3)11-20-5/h13-15H,6-12,17H2,1-5H3. The van der Waals surface area contributed by atoms with E-state index < -0.39 is 0 Å². The molecule has 0 aromatic carbocycles. The molecule has 4 unspecified atom stereocenters. The van der Waals surface area contributed by atoms with Gasteiger partial charge in [-0.3, -0.25) is 4.90 Å². The summed E-state index contributed by atoms with van der Waals surface area (Å²) in [4.78, 5) is 2.56. The number of nitrogens with zero attached hydrogens (tertiary/aromatic N) is 1. The first-order valence-corrected chi connectivity index (χ1v) is 7.96. The molecule has 1 aliphatic carbocycles. The Morgan fingerprint density at radius 3 is 2.50 bits per heavy atom. The van der Waals surface area contributed by atoms with Crippen LogP contribution in [0.25, 0.3) is 0 Å². The molecule has 0 radical (unpaired) electrons. The molecule has 1 rings (SSSR count). The van der Waals surface area contributed by atoms with Gasteiger partial charge in [0.1, 0.15) is 0 Å². The highest BCUT2D eigenvalue weighted by molar-refractivity contribution is 5.01. The molecule has 0 aromatic rings. The lowest BCUT2D eigenvalue weighted by molar-refractivity contribution is -0.0555. The van der Waals surface area contributed by atoms with Crippen LogP contribution in [0.1, 0.15) is 40.0 Å². The molecular formula is C16H34N2O2. The molecule has 0 aliphatic heterocycles. The zero-order valence-electron chi connectivity index (χ0n) is 14.0. The fourth-order valence-electron chi connectivity index (χ4n) is 3.91. The predicted octanol–water partition coefficient (Wildman–Crippen LogP) is 2.12. The van der Waals surface area contributed by atoms with E-state index >= 15 is 0 Å². The fourth-order valence-corrected chi connectivity index (χ4v) is 3.91. The molecule has 0 heterocycles. The zero-order valence-corrected chi connectivity index (χ0v) is 14.0. The minimum atomic E-state index is 0.0914. The predicted molar refractivity (Wildman–Crippen MR) is 83.9 cm³/mol. The van der Waals surface area contributed by atoms with Gasteiger partial charge in [0.25, 0.3) is 0 Å². The maximum Gasteiger partial charge on any atom is 0.0615 e. The number of hydrogen-bond donors (Lipinski definition) is 1. The molecule has 0 bridgehead atoms. The highest BCUT2D eigenvalue weighted by atomic mass is 16.5. The Hall–Kier alpha value is -0.160. The number of methoxy groups -OCH3 is 2. The van der Waals surface area contributed by atoms with Crippen LogP contribution in [0.5, 0.6) is 0 Å². The quantitative estimate of drug-likeness (QED) is 0.742. The normalized spacial score (nSPS) is 32.5. The summed E-state index contributed by atoms with van der Waals surface area (Å²) in [7, 11) is 3.54. The average Bonchev–Trinajstić information content (AvgIpc) is 2.43. The second-order valence-electron chi connectivity index (χ2n) is 6.59. The number of rotatable bonds is 8. The van der Waals surface area contributed by atoms with Crippen LogP contribution in [0.2, 0.25) is 0 Å². The topological polar surface area (TPSA) is 47.7 Å². The van der Waals surface area contributed by atoms with Gasteiger partial charge in [-0.25, -0.2) is 0 Å². The lowest BCUT2D eigenvalue weighted by Crippen LogP contribution is -2.64. The molecule has 0 spiro atoms. The van der Waals surface area contributed by atoms with Crippen LogP contribution < -0.4 is 5.73 Å². The van der Waals surface area contributed by atoms with Crippen molar-refractivity contribution in [1.82, 2.24) is 4.90 Å².